The number of H-pyrrole nitrogens is 1. The lowest BCUT2D eigenvalue weighted by Gasteiger charge is -2.11. The van der Waals surface area contributed by atoms with Crippen LogP contribution in [0.2, 0.25) is 0 Å². The van der Waals surface area contributed by atoms with Crippen molar-refractivity contribution in [1.29, 1.82) is 0 Å². The van der Waals surface area contributed by atoms with Crippen molar-refractivity contribution in [2.75, 3.05) is 19.3 Å². The van der Waals surface area contributed by atoms with Gasteiger partial charge in [-0.1, -0.05) is 0 Å². The molecule has 0 bridgehead atoms. The van der Waals surface area contributed by atoms with Gasteiger partial charge in [0.25, 0.3) is 5.91 Å². The number of rotatable bonds is 5. The molecule has 0 atom stereocenters. The van der Waals surface area contributed by atoms with E-state index < -0.39 is 17.5 Å². The van der Waals surface area contributed by atoms with Crippen molar-refractivity contribution < 1.29 is 19.2 Å². The van der Waals surface area contributed by atoms with Gasteiger partial charge < -0.3 is 10.6 Å². The van der Waals surface area contributed by atoms with Gasteiger partial charge in [-0.2, -0.15) is 5.10 Å². The second-order valence-corrected chi connectivity index (χ2v) is 5.57. The first-order valence-electron chi connectivity index (χ1n) is 6.44. The number of ketones is 2. The van der Waals surface area contributed by atoms with Gasteiger partial charge in [0.1, 0.15) is 5.69 Å². The predicted octanol–water partition coefficient (Wildman–Crippen LogP) is -0.0985. The Morgan fingerprint density at radius 3 is 2.73 bits per heavy atom. The minimum Gasteiger partial charge on any atom is -0.356 e. The van der Waals surface area contributed by atoms with E-state index in [0.29, 0.717) is 12.3 Å². The molecule has 0 fully saturated rings. The molecule has 0 radical (unpaired) electrons. The molecule has 3 N–H and O–H groups in total. The van der Waals surface area contributed by atoms with Crippen molar-refractivity contribution in [3.63, 3.8) is 0 Å². The first-order valence-corrected chi connectivity index (χ1v) is 7.42. The Balaban J connectivity index is 2.18. The number of thioether (sulfide) groups is 1. The second kappa shape index (κ2) is 6.56. The van der Waals surface area contributed by atoms with Crippen LogP contribution in [-0.2, 0) is 4.79 Å². The molecule has 116 valence electrons. The van der Waals surface area contributed by atoms with Crippen LogP contribution in [0.3, 0.4) is 0 Å². The zero-order valence-corrected chi connectivity index (χ0v) is 12.8. The average molecular weight is 322 g/mol. The molecule has 2 rings (SSSR count). The molecular formula is C13H14N4O4S. The molecule has 1 aliphatic carbocycles. The number of hydrogen-bond acceptors (Lipinski definition) is 6. The molecule has 0 saturated carbocycles. The maximum Gasteiger partial charge on any atom is 0.272 e. The number of Topliss-reactive ketones (excluding diaryl/α,β-unsaturated/α-hetero) is 1. The highest BCUT2D eigenvalue weighted by Crippen LogP contribution is 2.29. The van der Waals surface area contributed by atoms with Crippen molar-refractivity contribution in [3.05, 3.63) is 27.9 Å². The van der Waals surface area contributed by atoms with Crippen molar-refractivity contribution in [2.24, 2.45) is 0 Å². The number of carbonyl (C=O) groups excluding carboxylic acids is 4. The molecule has 8 nitrogen and oxygen atoms in total. The van der Waals surface area contributed by atoms with Gasteiger partial charge in [0.2, 0.25) is 17.5 Å². The fourth-order valence-corrected chi connectivity index (χ4v) is 2.75. The summed E-state index contributed by atoms with van der Waals surface area (Å²) in [7, 11) is 1.41. The Hall–Kier alpha value is -2.42. The standard InChI is InChI=1S/C13H14N4O4S/c1-6(18)15-3-4-22-8-5-7(19)10-9(12(8)20)11(17-16-10)13(21)14-2/h5H,3-4H2,1-2H3,(H,14,21)(H,15,18)(H,16,17). The van der Waals surface area contributed by atoms with Gasteiger partial charge in [-0.25, -0.2) is 0 Å². The Bertz CT molecular complexity index is 692. The predicted molar refractivity (Wildman–Crippen MR) is 79.9 cm³/mol. The Kier molecular flexibility index (Phi) is 4.76. The molecule has 0 aromatic carbocycles. The number of allylic oxidation sites excluding steroid dienone is 2. The molecular weight excluding hydrogens is 308 g/mol. The van der Waals surface area contributed by atoms with Crippen LogP contribution in [0.5, 0.6) is 0 Å². The van der Waals surface area contributed by atoms with Crippen LogP contribution in [0.4, 0.5) is 0 Å². The lowest BCUT2D eigenvalue weighted by atomic mass is 9.99. The summed E-state index contributed by atoms with van der Waals surface area (Å²) in [5.74, 6) is -1.09. The largest absolute Gasteiger partial charge is 0.356 e. The quantitative estimate of drug-likeness (QED) is 0.651. The maximum atomic E-state index is 12.4. The minimum absolute atomic E-state index is 0.00567. The molecule has 9 heteroatoms. The van der Waals surface area contributed by atoms with E-state index in [1.165, 1.54) is 20.0 Å². The Morgan fingerprint density at radius 2 is 2.09 bits per heavy atom. The molecule has 1 aromatic rings. The molecule has 2 amide bonds. The summed E-state index contributed by atoms with van der Waals surface area (Å²) in [5, 5.41) is 11.1. The van der Waals surface area contributed by atoms with Crippen LogP contribution < -0.4 is 10.6 Å². The summed E-state index contributed by atoms with van der Waals surface area (Å²) >= 11 is 1.15. The summed E-state index contributed by atoms with van der Waals surface area (Å²) in [4.78, 5) is 47.1. The van der Waals surface area contributed by atoms with Crippen molar-refractivity contribution in [3.8, 4) is 0 Å². The first-order chi connectivity index (χ1) is 10.5. The third kappa shape index (κ3) is 3.08. The third-order valence-corrected chi connectivity index (χ3v) is 3.92. The minimum atomic E-state index is -0.539. The second-order valence-electron chi connectivity index (χ2n) is 4.43. The smallest absolute Gasteiger partial charge is 0.272 e. The van der Waals surface area contributed by atoms with Crippen LogP contribution >= 0.6 is 11.8 Å². The zero-order valence-electron chi connectivity index (χ0n) is 12.0. The topological polar surface area (TPSA) is 121 Å². The fraction of sp³-hybridized carbons (Fsp3) is 0.308. The number of carbonyl (C=O) groups is 4. The monoisotopic (exact) mass is 322 g/mol. The number of nitrogens with zero attached hydrogens (tertiary/aromatic N) is 1. The van der Waals surface area contributed by atoms with Gasteiger partial charge in [0.05, 0.1) is 10.5 Å². The SMILES string of the molecule is CNC(=O)c1n[nH]c2c1C(=O)C(SCCNC(C)=O)=CC2=O. The molecule has 1 aromatic heterocycles. The van der Waals surface area contributed by atoms with Crippen LogP contribution in [-0.4, -0.2) is 52.9 Å². The third-order valence-electron chi connectivity index (χ3n) is 2.90. The highest BCUT2D eigenvalue weighted by atomic mass is 32.2. The van der Waals surface area contributed by atoms with Crippen LogP contribution in [0.25, 0.3) is 0 Å². The van der Waals surface area contributed by atoms with Gasteiger partial charge in [-0.15, -0.1) is 11.8 Å². The molecule has 1 aliphatic rings. The first kappa shape index (κ1) is 16.0. The van der Waals surface area contributed by atoms with Crippen molar-refractivity contribution in [2.45, 2.75) is 6.92 Å². The Morgan fingerprint density at radius 1 is 1.36 bits per heavy atom. The van der Waals surface area contributed by atoms with Crippen LogP contribution in [0.1, 0.15) is 38.3 Å². The van der Waals surface area contributed by atoms with E-state index >= 15 is 0 Å². The number of aromatic amines is 1. The molecule has 0 spiro atoms. The summed E-state index contributed by atoms with van der Waals surface area (Å²) in [5.41, 5.74) is -0.0763. The van der Waals surface area contributed by atoms with E-state index in [9.17, 15) is 19.2 Å². The summed E-state index contributed by atoms with van der Waals surface area (Å²) in [6, 6.07) is 0. The van der Waals surface area contributed by atoms with E-state index in [1.54, 1.807) is 0 Å². The maximum absolute atomic E-state index is 12.4. The zero-order chi connectivity index (χ0) is 16.3. The van der Waals surface area contributed by atoms with Crippen LogP contribution in [0, 0.1) is 0 Å². The normalized spacial score (nSPS) is 13.5. The molecule has 0 aliphatic heterocycles. The van der Waals surface area contributed by atoms with E-state index in [0.717, 1.165) is 11.8 Å². The van der Waals surface area contributed by atoms with E-state index in [2.05, 4.69) is 20.8 Å². The van der Waals surface area contributed by atoms with E-state index in [1.807, 2.05) is 0 Å². The molecule has 1 heterocycles. The van der Waals surface area contributed by atoms with Gasteiger partial charge >= 0.3 is 0 Å². The van der Waals surface area contributed by atoms with Crippen molar-refractivity contribution in [1.82, 2.24) is 20.8 Å². The summed E-state index contributed by atoms with van der Waals surface area (Å²) in [6.07, 6.45) is 1.22. The van der Waals surface area contributed by atoms with E-state index in [4.69, 9.17) is 0 Å². The lowest BCUT2D eigenvalue weighted by Crippen LogP contribution is -2.24. The molecule has 0 saturated heterocycles. The fourth-order valence-electron chi connectivity index (χ4n) is 1.90. The highest BCUT2D eigenvalue weighted by Gasteiger charge is 2.33. The number of aromatic nitrogens is 2. The number of hydrogen-bond donors (Lipinski definition) is 3. The van der Waals surface area contributed by atoms with Gasteiger partial charge in [0.15, 0.2) is 5.69 Å². The van der Waals surface area contributed by atoms with Crippen molar-refractivity contribution >= 4 is 35.1 Å². The summed E-state index contributed by atoms with van der Waals surface area (Å²) < 4.78 is 0. The highest BCUT2D eigenvalue weighted by molar-refractivity contribution is 8.04. The van der Waals surface area contributed by atoms with Crippen LogP contribution in [0.15, 0.2) is 11.0 Å². The molecule has 0 unspecified atom stereocenters. The number of amides is 2. The lowest BCUT2D eigenvalue weighted by molar-refractivity contribution is -0.118. The number of fused-ring (bicyclic) bond motifs is 1. The number of nitrogens with one attached hydrogen (secondary N) is 3. The van der Waals surface area contributed by atoms with Gasteiger partial charge in [0, 0.05) is 32.3 Å². The summed E-state index contributed by atoms with van der Waals surface area (Å²) in [6.45, 7) is 1.77. The van der Waals surface area contributed by atoms with E-state index in [-0.39, 0.29) is 27.8 Å². The Labute approximate surface area is 130 Å². The molecule has 22 heavy (non-hydrogen) atoms. The average Bonchev–Trinajstić information content (AvgIpc) is 2.93. The van der Waals surface area contributed by atoms with Gasteiger partial charge in [-0.3, -0.25) is 24.3 Å². The van der Waals surface area contributed by atoms with Gasteiger partial charge in [-0.05, 0) is 0 Å².